The van der Waals surface area contributed by atoms with Crippen molar-refractivity contribution in [3.8, 4) is 0 Å². The zero-order valence-electron chi connectivity index (χ0n) is 15.1. The summed E-state index contributed by atoms with van der Waals surface area (Å²) in [5, 5.41) is 6.06. The second kappa shape index (κ2) is 7.40. The van der Waals surface area contributed by atoms with E-state index in [2.05, 4.69) is 15.6 Å². The molecule has 8 heteroatoms. The van der Waals surface area contributed by atoms with Gasteiger partial charge >= 0.3 is 0 Å². The number of amides is 3. The Labute approximate surface area is 165 Å². The highest BCUT2D eigenvalue weighted by atomic mass is 32.1. The average molecular weight is 394 g/mol. The summed E-state index contributed by atoms with van der Waals surface area (Å²) in [7, 11) is 0. The van der Waals surface area contributed by atoms with Crippen LogP contribution in [0.1, 0.15) is 13.3 Å². The number of benzene rings is 2. The van der Waals surface area contributed by atoms with Crippen LogP contribution in [-0.2, 0) is 14.4 Å². The van der Waals surface area contributed by atoms with Gasteiger partial charge in [-0.2, -0.15) is 0 Å². The van der Waals surface area contributed by atoms with Crippen LogP contribution in [0.15, 0.2) is 48.5 Å². The largest absolute Gasteiger partial charge is 0.326 e. The van der Waals surface area contributed by atoms with Crippen molar-refractivity contribution in [1.29, 1.82) is 0 Å². The quantitative estimate of drug-likeness (QED) is 0.711. The van der Waals surface area contributed by atoms with Crippen molar-refractivity contribution in [3.63, 3.8) is 0 Å². The zero-order chi connectivity index (χ0) is 19.7. The fourth-order valence-electron chi connectivity index (χ4n) is 3.19. The Bertz CT molecular complexity index is 1030. The van der Waals surface area contributed by atoms with Crippen molar-refractivity contribution in [2.24, 2.45) is 5.92 Å². The molecule has 3 aromatic rings. The van der Waals surface area contributed by atoms with Gasteiger partial charge in [-0.1, -0.05) is 23.5 Å². The molecule has 0 aliphatic carbocycles. The molecule has 0 radical (unpaired) electrons. The summed E-state index contributed by atoms with van der Waals surface area (Å²) >= 11 is 1.41. The lowest BCUT2D eigenvalue weighted by Gasteiger charge is -2.17. The molecule has 2 N–H and O–H groups in total. The fraction of sp³-hybridized carbons (Fsp3) is 0.200. The van der Waals surface area contributed by atoms with Crippen LogP contribution in [0, 0.1) is 5.92 Å². The van der Waals surface area contributed by atoms with Gasteiger partial charge in [0.2, 0.25) is 17.7 Å². The topological polar surface area (TPSA) is 91.4 Å². The molecule has 142 valence electrons. The minimum absolute atomic E-state index is 0.100. The van der Waals surface area contributed by atoms with Gasteiger partial charge in [0.05, 0.1) is 16.1 Å². The molecule has 2 heterocycles. The van der Waals surface area contributed by atoms with Crippen LogP contribution in [0.4, 0.5) is 16.5 Å². The molecule has 0 spiro atoms. The zero-order valence-corrected chi connectivity index (χ0v) is 16.0. The van der Waals surface area contributed by atoms with Crippen LogP contribution in [0.3, 0.4) is 0 Å². The molecule has 2 aromatic carbocycles. The maximum absolute atomic E-state index is 12.6. The highest BCUT2D eigenvalue weighted by Gasteiger charge is 2.35. The highest BCUT2D eigenvalue weighted by molar-refractivity contribution is 7.22. The van der Waals surface area contributed by atoms with E-state index in [0.29, 0.717) is 23.1 Å². The SMILES string of the molecule is CC(=O)Nc1ccc(N2CC(C(=O)Nc3nc4ccccc4s3)CC2=O)cc1. The van der Waals surface area contributed by atoms with Crippen LogP contribution in [0.25, 0.3) is 10.2 Å². The molecule has 0 bridgehead atoms. The third-order valence-corrected chi connectivity index (χ3v) is 5.47. The monoisotopic (exact) mass is 394 g/mol. The minimum Gasteiger partial charge on any atom is -0.326 e. The Morgan fingerprint density at radius 2 is 1.86 bits per heavy atom. The lowest BCUT2D eigenvalue weighted by Crippen LogP contribution is -2.28. The van der Waals surface area contributed by atoms with E-state index in [4.69, 9.17) is 0 Å². The molecular formula is C20H18N4O3S. The van der Waals surface area contributed by atoms with Gasteiger partial charge in [0.15, 0.2) is 5.13 Å². The van der Waals surface area contributed by atoms with Crippen molar-refractivity contribution in [2.45, 2.75) is 13.3 Å². The Hall–Kier alpha value is -3.26. The van der Waals surface area contributed by atoms with Crippen molar-refractivity contribution >= 4 is 55.8 Å². The summed E-state index contributed by atoms with van der Waals surface area (Å²) in [6, 6.07) is 14.7. The molecular weight excluding hydrogens is 376 g/mol. The van der Waals surface area contributed by atoms with Gasteiger partial charge in [-0.25, -0.2) is 4.98 Å². The van der Waals surface area contributed by atoms with Gasteiger partial charge in [0, 0.05) is 31.3 Å². The van der Waals surface area contributed by atoms with Gasteiger partial charge in [0.1, 0.15) is 0 Å². The number of para-hydroxylation sites is 1. The van der Waals surface area contributed by atoms with Gasteiger partial charge in [0.25, 0.3) is 0 Å². The summed E-state index contributed by atoms with van der Waals surface area (Å²) in [4.78, 5) is 42.1. The summed E-state index contributed by atoms with van der Waals surface area (Å²) in [5.41, 5.74) is 2.20. The Morgan fingerprint density at radius 3 is 2.57 bits per heavy atom. The molecule has 28 heavy (non-hydrogen) atoms. The molecule has 1 atom stereocenters. The first-order chi connectivity index (χ1) is 13.5. The molecule has 4 rings (SSSR count). The van der Waals surface area contributed by atoms with E-state index in [9.17, 15) is 14.4 Å². The smallest absolute Gasteiger partial charge is 0.231 e. The second-order valence-corrected chi connectivity index (χ2v) is 7.64. The van der Waals surface area contributed by atoms with Gasteiger partial charge in [-0.05, 0) is 36.4 Å². The van der Waals surface area contributed by atoms with Crippen molar-refractivity contribution in [2.75, 3.05) is 22.1 Å². The summed E-state index contributed by atoms with van der Waals surface area (Å²) in [6.07, 6.45) is 0.157. The molecule has 7 nitrogen and oxygen atoms in total. The van der Waals surface area contributed by atoms with Crippen LogP contribution < -0.4 is 15.5 Å². The Kier molecular flexibility index (Phi) is 4.79. The predicted molar refractivity (Wildman–Crippen MR) is 109 cm³/mol. The normalized spacial score (nSPS) is 16.4. The number of hydrogen-bond donors (Lipinski definition) is 2. The van der Waals surface area contributed by atoms with E-state index >= 15 is 0 Å². The molecule has 0 saturated carbocycles. The van der Waals surface area contributed by atoms with E-state index in [1.54, 1.807) is 29.2 Å². The molecule has 1 aromatic heterocycles. The fourth-order valence-corrected chi connectivity index (χ4v) is 4.06. The molecule has 1 aliphatic heterocycles. The molecule has 1 saturated heterocycles. The number of hydrogen-bond acceptors (Lipinski definition) is 5. The van der Waals surface area contributed by atoms with Crippen LogP contribution in [-0.4, -0.2) is 29.3 Å². The van der Waals surface area contributed by atoms with Crippen molar-refractivity contribution in [1.82, 2.24) is 4.98 Å². The average Bonchev–Trinajstić information content (AvgIpc) is 3.25. The lowest BCUT2D eigenvalue weighted by atomic mass is 10.1. The van der Waals surface area contributed by atoms with E-state index in [1.807, 2.05) is 24.3 Å². The summed E-state index contributed by atoms with van der Waals surface area (Å²) in [6.45, 7) is 1.75. The number of thiazole rings is 1. The van der Waals surface area contributed by atoms with Crippen molar-refractivity contribution < 1.29 is 14.4 Å². The number of carbonyl (C=O) groups excluding carboxylic acids is 3. The molecule has 1 fully saturated rings. The van der Waals surface area contributed by atoms with Gasteiger partial charge in [-0.15, -0.1) is 0 Å². The maximum atomic E-state index is 12.6. The third kappa shape index (κ3) is 3.72. The number of carbonyl (C=O) groups is 3. The highest BCUT2D eigenvalue weighted by Crippen LogP contribution is 2.29. The van der Waals surface area contributed by atoms with E-state index in [0.717, 1.165) is 10.2 Å². The Morgan fingerprint density at radius 1 is 1.11 bits per heavy atom. The number of nitrogens with one attached hydrogen (secondary N) is 2. The maximum Gasteiger partial charge on any atom is 0.231 e. The summed E-state index contributed by atoms with van der Waals surface area (Å²) in [5.74, 6) is -0.896. The second-order valence-electron chi connectivity index (χ2n) is 6.61. The predicted octanol–water partition coefficient (Wildman–Crippen LogP) is 3.25. The lowest BCUT2D eigenvalue weighted by molar-refractivity contribution is -0.122. The van der Waals surface area contributed by atoms with E-state index in [-0.39, 0.29) is 24.1 Å². The Balaban J connectivity index is 1.43. The van der Waals surface area contributed by atoms with Crippen LogP contribution in [0.5, 0.6) is 0 Å². The van der Waals surface area contributed by atoms with Crippen LogP contribution in [0.2, 0.25) is 0 Å². The van der Waals surface area contributed by atoms with Gasteiger partial charge < -0.3 is 15.5 Å². The number of fused-ring (bicyclic) bond motifs is 1. The van der Waals surface area contributed by atoms with E-state index < -0.39 is 5.92 Å². The molecule has 3 amide bonds. The van der Waals surface area contributed by atoms with Crippen molar-refractivity contribution in [3.05, 3.63) is 48.5 Å². The number of anilines is 3. The minimum atomic E-state index is -0.436. The first-order valence-electron chi connectivity index (χ1n) is 8.84. The third-order valence-electron chi connectivity index (χ3n) is 4.52. The number of rotatable bonds is 4. The van der Waals surface area contributed by atoms with Gasteiger partial charge in [-0.3, -0.25) is 14.4 Å². The number of nitrogens with zero attached hydrogens (tertiary/aromatic N) is 2. The molecule has 1 aliphatic rings. The standard InChI is InChI=1S/C20H18N4O3S/c1-12(25)21-14-6-8-15(9-7-14)24-11-13(10-18(24)26)19(27)23-20-22-16-4-2-3-5-17(16)28-20/h2-9,13H,10-11H2,1H3,(H,21,25)(H,22,23,27). The van der Waals surface area contributed by atoms with Crippen LogP contribution >= 0.6 is 11.3 Å². The first-order valence-corrected chi connectivity index (χ1v) is 9.66. The first kappa shape index (κ1) is 18.1. The number of aromatic nitrogens is 1. The summed E-state index contributed by atoms with van der Waals surface area (Å²) < 4.78 is 1.00. The van der Waals surface area contributed by atoms with E-state index in [1.165, 1.54) is 18.3 Å². The molecule has 1 unspecified atom stereocenters.